The quantitative estimate of drug-likeness (QED) is 0.529. The summed E-state index contributed by atoms with van der Waals surface area (Å²) in [6.07, 6.45) is 5.47. The highest BCUT2D eigenvalue weighted by molar-refractivity contribution is 5.73. The number of benzene rings is 1. The van der Waals surface area contributed by atoms with Crippen LogP contribution in [0.4, 0.5) is 14.6 Å². The molecule has 2 aliphatic heterocycles. The van der Waals surface area contributed by atoms with Gasteiger partial charge in [0.25, 0.3) is 5.95 Å². The summed E-state index contributed by atoms with van der Waals surface area (Å²) in [5.41, 5.74) is 1.07. The fourth-order valence-corrected chi connectivity index (χ4v) is 5.26. The Kier molecular flexibility index (Phi) is 6.00. The van der Waals surface area contributed by atoms with Crippen LogP contribution in [0.15, 0.2) is 36.7 Å². The molecule has 5 rings (SSSR count). The van der Waals surface area contributed by atoms with Gasteiger partial charge in [0.2, 0.25) is 0 Å². The number of hydrogen-bond acceptors (Lipinski definition) is 8. The number of aromatic nitrogens is 4. The van der Waals surface area contributed by atoms with Gasteiger partial charge in [0.05, 0.1) is 24.9 Å². The summed E-state index contributed by atoms with van der Waals surface area (Å²) in [6, 6.07) is 6.41. The van der Waals surface area contributed by atoms with Crippen molar-refractivity contribution in [2.24, 2.45) is 0 Å². The maximum Gasteiger partial charge on any atom is 0.255 e. The average molecular weight is 483 g/mol. The Morgan fingerprint density at radius 1 is 1.17 bits per heavy atom. The van der Waals surface area contributed by atoms with Gasteiger partial charge in [0.15, 0.2) is 17.4 Å². The van der Waals surface area contributed by atoms with Crippen molar-refractivity contribution in [3.05, 3.63) is 42.6 Å². The lowest BCUT2D eigenvalue weighted by atomic mass is 9.73. The van der Waals surface area contributed by atoms with E-state index in [2.05, 4.69) is 25.5 Å². The normalized spacial score (nSPS) is 25.8. The monoisotopic (exact) mass is 482 g/mol. The van der Waals surface area contributed by atoms with Gasteiger partial charge in [-0.1, -0.05) is 6.07 Å². The molecule has 0 unspecified atom stereocenters. The van der Waals surface area contributed by atoms with Crippen molar-refractivity contribution in [1.82, 2.24) is 25.5 Å². The molecule has 2 aliphatic rings. The van der Waals surface area contributed by atoms with Gasteiger partial charge in [-0.15, -0.1) is 10.2 Å². The highest BCUT2D eigenvalue weighted by Gasteiger charge is 2.49. The number of alkyl halides is 1. The Hall–Kier alpha value is -3.40. The molecule has 0 spiro atoms. The zero-order valence-electron chi connectivity index (χ0n) is 19.9. The number of pyridine rings is 1. The maximum atomic E-state index is 15.4. The number of rotatable bonds is 5. The standard InChI is InChI=1S/C25H28F2N6O2/c1-25-8-4-5-16(30-25)11-18(22(25)26)33(2)21-13-29-24(32-31-21)17-7-6-14(9-19(17)34)15-10-20(35-3)23(27)28-12-15/h6-7,9-10,12-13,16,18,22,30,34H,4-5,8,11H2,1-3H3/t16-,18+,22+,25-/m1/s1. The number of methoxy groups -OCH3 is 1. The minimum Gasteiger partial charge on any atom is -0.507 e. The minimum absolute atomic E-state index is 0.0141. The summed E-state index contributed by atoms with van der Waals surface area (Å²) < 4.78 is 34.0. The topological polar surface area (TPSA) is 96.3 Å². The number of phenols is 1. The van der Waals surface area contributed by atoms with Crippen molar-refractivity contribution < 1.29 is 18.6 Å². The van der Waals surface area contributed by atoms with Crippen LogP contribution >= 0.6 is 0 Å². The fraction of sp³-hybridized carbons (Fsp3) is 0.440. The van der Waals surface area contributed by atoms with Crippen molar-refractivity contribution in [2.45, 2.75) is 56.4 Å². The first kappa shape index (κ1) is 23.3. The number of phenolic OH excluding ortho intramolecular Hbond substituents is 1. The predicted octanol–water partition coefficient (Wildman–Crippen LogP) is 3.90. The van der Waals surface area contributed by atoms with Crippen molar-refractivity contribution >= 4 is 5.82 Å². The largest absolute Gasteiger partial charge is 0.507 e. The lowest BCUT2D eigenvalue weighted by Gasteiger charge is -2.52. The molecule has 4 atom stereocenters. The molecule has 8 nitrogen and oxygen atoms in total. The third-order valence-corrected chi connectivity index (χ3v) is 7.26. The van der Waals surface area contributed by atoms with Crippen LogP contribution in [0.2, 0.25) is 0 Å². The molecule has 184 valence electrons. The van der Waals surface area contributed by atoms with E-state index in [0.717, 1.165) is 19.3 Å². The van der Waals surface area contributed by atoms with Crippen LogP contribution < -0.4 is 15.0 Å². The van der Waals surface area contributed by atoms with Gasteiger partial charge in [0, 0.05) is 30.4 Å². The van der Waals surface area contributed by atoms with E-state index in [9.17, 15) is 9.50 Å². The van der Waals surface area contributed by atoms with Crippen LogP contribution in [-0.2, 0) is 0 Å². The number of hydrogen-bond donors (Lipinski definition) is 2. The van der Waals surface area contributed by atoms with E-state index in [4.69, 9.17) is 4.74 Å². The van der Waals surface area contributed by atoms with Gasteiger partial charge in [-0.3, -0.25) is 0 Å². The Morgan fingerprint density at radius 2 is 2.00 bits per heavy atom. The number of halogens is 2. The van der Waals surface area contributed by atoms with Crippen LogP contribution in [0.1, 0.15) is 32.6 Å². The molecule has 2 aromatic heterocycles. The molecule has 10 heteroatoms. The SMILES string of the molecule is COc1cc(-c2ccc(-c3ncc(N(C)[C@H]4C[C@H]5CCC[C@@](C)(N5)[C@H]4F)nn3)c(O)c2)cnc1F. The third kappa shape index (κ3) is 4.27. The first-order valence-corrected chi connectivity index (χ1v) is 11.7. The third-order valence-electron chi connectivity index (χ3n) is 7.26. The smallest absolute Gasteiger partial charge is 0.255 e. The Morgan fingerprint density at radius 3 is 2.71 bits per heavy atom. The summed E-state index contributed by atoms with van der Waals surface area (Å²) in [6.45, 7) is 1.96. The van der Waals surface area contributed by atoms with E-state index < -0.39 is 17.7 Å². The zero-order valence-corrected chi connectivity index (χ0v) is 19.9. The number of anilines is 1. The van der Waals surface area contributed by atoms with Gasteiger partial charge < -0.3 is 20.1 Å². The molecule has 0 aliphatic carbocycles. The molecular weight excluding hydrogens is 454 g/mol. The van der Waals surface area contributed by atoms with Gasteiger partial charge >= 0.3 is 0 Å². The molecule has 2 saturated heterocycles. The summed E-state index contributed by atoms with van der Waals surface area (Å²) in [7, 11) is 3.19. The van der Waals surface area contributed by atoms with Gasteiger partial charge in [-0.25, -0.2) is 14.4 Å². The Bertz CT molecular complexity index is 1230. The van der Waals surface area contributed by atoms with E-state index in [0.29, 0.717) is 35.0 Å². The van der Waals surface area contributed by atoms with Gasteiger partial charge in [-0.05, 0) is 56.4 Å². The first-order chi connectivity index (χ1) is 16.8. The fourth-order valence-electron chi connectivity index (χ4n) is 5.26. The van der Waals surface area contributed by atoms with Gasteiger partial charge in [-0.2, -0.15) is 4.39 Å². The second-order valence-electron chi connectivity index (χ2n) is 9.56. The molecule has 4 heterocycles. The van der Waals surface area contributed by atoms with Crippen LogP contribution in [-0.4, -0.2) is 63.2 Å². The number of nitrogens with one attached hydrogen (secondary N) is 1. The first-order valence-electron chi connectivity index (χ1n) is 11.7. The molecule has 2 fully saturated rings. The summed E-state index contributed by atoms with van der Waals surface area (Å²) in [5.74, 6) is -0.0307. The highest BCUT2D eigenvalue weighted by Crippen LogP contribution is 2.39. The van der Waals surface area contributed by atoms with Crippen LogP contribution in [0.5, 0.6) is 11.5 Å². The number of ether oxygens (including phenoxy) is 1. The summed E-state index contributed by atoms with van der Waals surface area (Å²) in [4.78, 5) is 9.90. The van der Waals surface area contributed by atoms with E-state index in [1.54, 1.807) is 18.3 Å². The van der Waals surface area contributed by atoms with E-state index in [1.165, 1.54) is 25.4 Å². The van der Waals surface area contributed by atoms with E-state index in [1.807, 2.05) is 18.9 Å². The van der Waals surface area contributed by atoms with E-state index >= 15 is 4.39 Å². The van der Waals surface area contributed by atoms with Gasteiger partial charge in [0.1, 0.15) is 11.9 Å². The molecular formula is C25H28F2N6O2. The lowest BCUT2D eigenvalue weighted by Crippen LogP contribution is -2.68. The zero-order chi connectivity index (χ0) is 24.7. The number of aromatic hydroxyl groups is 1. The molecule has 0 saturated carbocycles. The molecule has 2 N–H and O–H groups in total. The number of fused-ring (bicyclic) bond motifs is 2. The maximum absolute atomic E-state index is 15.4. The lowest BCUT2D eigenvalue weighted by molar-refractivity contribution is 0.0405. The van der Waals surface area contributed by atoms with Crippen molar-refractivity contribution in [3.8, 4) is 34.0 Å². The molecule has 35 heavy (non-hydrogen) atoms. The van der Waals surface area contributed by atoms with Crippen molar-refractivity contribution in [1.29, 1.82) is 0 Å². The molecule has 0 radical (unpaired) electrons. The molecule has 1 aromatic carbocycles. The number of piperidine rings is 2. The Labute approximate surface area is 202 Å². The predicted molar refractivity (Wildman–Crippen MR) is 128 cm³/mol. The molecule has 3 aromatic rings. The average Bonchev–Trinajstić information content (AvgIpc) is 2.86. The Balaban J connectivity index is 1.36. The summed E-state index contributed by atoms with van der Waals surface area (Å²) >= 11 is 0. The second-order valence-corrected chi connectivity index (χ2v) is 9.56. The summed E-state index contributed by atoms with van der Waals surface area (Å²) in [5, 5.41) is 22.6. The second kappa shape index (κ2) is 8.99. The van der Waals surface area contributed by atoms with Crippen LogP contribution in [0.25, 0.3) is 22.5 Å². The van der Waals surface area contributed by atoms with Crippen LogP contribution in [0.3, 0.4) is 0 Å². The molecule has 0 amide bonds. The molecule has 2 bridgehead atoms. The highest BCUT2D eigenvalue weighted by atomic mass is 19.1. The number of nitrogens with zero attached hydrogens (tertiary/aromatic N) is 5. The van der Waals surface area contributed by atoms with Crippen molar-refractivity contribution in [3.63, 3.8) is 0 Å². The van der Waals surface area contributed by atoms with Crippen molar-refractivity contribution in [2.75, 3.05) is 19.1 Å². The van der Waals surface area contributed by atoms with E-state index in [-0.39, 0.29) is 23.4 Å². The minimum atomic E-state index is -1.04. The van der Waals surface area contributed by atoms with Crippen LogP contribution in [0, 0.1) is 5.95 Å².